The molecule has 0 aliphatic heterocycles. The smallest absolute Gasteiger partial charge is 0.242 e. The summed E-state index contributed by atoms with van der Waals surface area (Å²) in [5, 5.41) is 0. The molecule has 0 atom stereocenters. The standard InChI is InChI=1S/C24H35N3O2/c1-6-7-13-26(24(29)18-27(19(2)3)21(5)28)17-23-12-9-14-25(23)16-22-11-8-10-20(4)15-22/h8-12,14-15,19H,6-7,13,16-18H2,1-5H3. The maximum Gasteiger partial charge on any atom is 0.242 e. The molecule has 29 heavy (non-hydrogen) atoms. The van der Waals surface area contributed by atoms with E-state index in [0.717, 1.165) is 25.1 Å². The number of hydrogen-bond acceptors (Lipinski definition) is 2. The van der Waals surface area contributed by atoms with Crippen LogP contribution in [0.15, 0.2) is 42.6 Å². The van der Waals surface area contributed by atoms with Crippen LogP contribution in [0.2, 0.25) is 0 Å². The molecule has 0 N–H and O–H groups in total. The summed E-state index contributed by atoms with van der Waals surface area (Å²) < 4.78 is 2.20. The van der Waals surface area contributed by atoms with Crippen LogP contribution in [0.3, 0.4) is 0 Å². The van der Waals surface area contributed by atoms with Crippen molar-refractivity contribution in [3.63, 3.8) is 0 Å². The third-order valence-corrected chi connectivity index (χ3v) is 5.18. The van der Waals surface area contributed by atoms with Crippen LogP contribution >= 0.6 is 0 Å². The summed E-state index contributed by atoms with van der Waals surface area (Å²) in [5.41, 5.74) is 3.60. The minimum atomic E-state index is -0.0633. The van der Waals surface area contributed by atoms with E-state index < -0.39 is 0 Å². The van der Waals surface area contributed by atoms with Crippen LogP contribution in [0.1, 0.15) is 57.4 Å². The van der Waals surface area contributed by atoms with E-state index in [9.17, 15) is 9.59 Å². The zero-order chi connectivity index (χ0) is 21.4. The quantitative estimate of drug-likeness (QED) is 0.602. The molecule has 5 heteroatoms. The second-order valence-corrected chi connectivity index (χ2v) is 8.03. The molecule has 0 saturated heterocycles. The Bertz CT molecular complexity index is 810. The highest BCUT2D eigenvalue weighted by molar-refractivity contribution is 5.84. The topological polar surface area (TPSA) is 45.6 Å². The molecule has 1 heterocycles. The molecule has 0 aliphatic rings. The fourth-order valence-electron chi connectivity index (χ4n) is 3.49. The van der Waals surface area contributed by atoms with Crippen molar-refractivity contribution in [2.24, 2.45) is 0 Å². The van der Waals surface area contributed by atoms with E-state index in [1.54, 1.807) is 4.90 Å². The molecule has 0 radical (unpaired) electrons. The molecular formula is C24H35N3O2. The predicted octanol–water partition coefficient (Wildman–Crippen LogP) is 4.23. The molecule has 0 spiro atoms. The van der Waals surface area contributed by atoms with Gasteiger partial charge in [-0.3, -0.25) is 9.59 Å². The fraction of sp³-hybridized carbons (Fsp3) is 0.500. The minimum Gasteiger partial charge on any atom is -0.345 e. The van der Waals surface area contributed by atoms with E-state index >= 15 is 0 Å². The maximum absolute atomic E-state index is 13.0. The number of aryl methyl sites for hydroxylation is 1. The van der Waals surface area contributed by atoms with Gasteiger partial charge in [0.15, 0.2) is 0 Å². The number of benzene rings is 1. The predicted molar refractivity (Wildman–Crippen MR) is 118 cm³/mol. The Hall–Kier alpha value is -2.56. The zero-order valence-corrected chi connectivity index (χ0v) is 18.5. The highest BCUT2D eigenvalue weighted by atomic mass is 16.2. The van der Waals surface area contributed by atoms with Crippen LogP contribution in [0.25, 0.3) is 0 Å². The van der Waals surface area contributed by atoms with Crippen LogP contribution in [0.4, 0.5) is 0 Å². The Labute approximate surface area is 175 Å². The number of carbonyl (C=O) groups is 2. The van der Waals surface area contributed by atoms with Crippen LogP contribution < -0.4 is 0 Å². The SMILES string of the molecule is CCCCN(Cc1cccn1Cc1cccc(C)c1)C(=O)CN(C(C)=O)C(C)C. The lowest BCUT2D eigenvalue weighted by atomic mass is 10.1. The molecule has 2 aromatic rings. The van der Waals surface area contributed by atoms with Gasteiger partial charge in [0.25, 0.3) is 0 Å². The van der Waals surface area contributed by atoms with Gasteiger partial charge in [0, 0.05) is 37.9 Å². The first kappa shape index (κ1) is 22.7. The van der Waals surface area contributed by atoms with Crippen LogP contribution in [0, 0.1) is 6.92 Å². The van der Waals surface area contributed by atoms with Crippen LogP contribution in [-0.4, -0.2) is 45.3 Å². The largest absolute Gasteiger partial charge is 0.345 e. The van der Waals surface area contributed by atoms with Crippen molar-refractivity contribution in [1.82, 2.24) is 14.4 Å². The number of amides is 2. The lowest BCUT2D eigenvalue weighted by Crippen LogP contribution is -2.45. The molecule has 0 aliphatic carbocycles. The number of unbranched alkanes of at least 4 members (excludes halogenated alkanes) is 1. The third kappa shape index (κ3) is 6.77. The summed E-state index contributed by atoms with van der Waals surface area (Å²) in [5.74, 6) is -0.0581. The Morgan fingerprint density at radius 3 is 2.52 bits per heavy atom. The molecule has 0 bridgehead atoms. The van der Waals surface area contributed by atoms with Gasteiger partial charge < -0.3 is 14.4 Å². The maximum atomic E-state index is 13.0. The number of hydrogen-bond donors (Lipinski definition) is 0. The van der Waals surface area contributed by atoms with Gasteiger partial charge in [-0.05, 0) is 44.9 Å². The number of rotatable bonds is 10. The van der Waals surface area contributed by atoms with E-state index in [1.165, 1.54) is 18.1 Å². The Balaban J connectivity index is 2.15. The molecule has 0 saturated carbocycles. The first-order valence-electron chi connectivity index (χ1n) is 10.6. The number of nitrogens with zero attached hydrogens (tertiary/aromatic N) is 3. The van der Waals surface area contributed by atoms with E-state index in [-0.39, 0.29) is 24.4 Å². The highest BCUT2D eigenvalue weighted by Gasteiger charge is 2.22. The molecule has 1 aromatic carbocycles. The van der Waals surface area contributed by atoms with Gasteiger partial charge in [-0.25, -0.2) is 0 Å². The van der Waals surface area contributed by atoms with Crippen molar-refractivity contribution in [1.29, 1.82) is 0 Å². The summed E-state index contributed by atoms with van der Waals surface area (Å²) in [6.07, 6.45) is 4.04. The Morgan fingerprint density at radius 1 is 1.14 bits per heavy atom. The number of carbonyl (C=O) groups excluding carboxylic acids is 2. The van der Waals surface area contributed by atoms with Crippen molar-refractivity contribution in [2.75, 3.05) is 13.1 Å². The lowest BCUT2D eigenvalue weighted by molar-refractivity contribution is -0.141. The molecule has 5 nitrogen and oxygen atoms in total. The van der Waals surface area contributed by atoms with Gasteiger partial charge in [0.2, 0.25) is 11.8 Å². The lowest BCUT2D eigenvalue weighted by Gasteiger charge is -2.29. The van der Waals surface area contributed by atoms with E-state index in [0.29, 0.717) is 13.1 Å². The molecule has 158 valence electrons. The second kappa shape index (κ2) is 10.8. The van der Waals surface area contributed by atoms with Gasteiger partial charge in [-0.15, -0.1) is 0 Å². The van der Waals surface area contributed by atoms with Gasteiger partial charge in [-0.1, -0.05) is 43.2 Å². The summed E-state index contributed by atoms with van der Waals surface area (Å²) in [6.45, 7) is 11.8. The summed E-state index contributed by atoms with van der Waals surface area (Å²) in [6, 6.07) is 12.6. The Kier molecular flexibility index (Phi) is 8.50. The van der Waals surface area contributed by atoms with Gasteiger partial charge in [-0.2, -0.15) is 0 Å². The first-order valence-corrected chi connectivity index (χ1v) is 10.6. The minimum absolute atomic E-state index is 0.00524. The van der Waals surface area contributed by atoms with Gasteiger partial charge >= 0.3 is 0 Å². The number of aromatic nitrogens is 1. The van der Waals surface area contributed by atoms with Gasteiger partial charge in [0.05, 0.1) is 13.1 Å². The summed E-state index contributed by atoms with van der Waals surface area (Å²) in [4.78, 5) is 28.5. The fourth-order valence-corrected chi connectivity index (χ4v) is 3.49. The molecule has 2 amide bonds. The van der Waals surface area contributed by atoms with E-state index in [2.05, 4.69) is 54.9 Å². The molecule has 0 fully saturated rings. The van der Waals surface area contributed by atoms with Crippen molar-refractivity contribution >= 4 is 11.8 Å². The Morgan fingerprint density at radius 2 is 1.90 bits per heavy atom. The average Bonchev–Trinajstić information content (AvgIpc) is 3.09. The summed E-state index contributed by atoms with van der Waals surface area (Å²) in [7, 11) is 0. The average molecular weight is 398 g/mol. The van der Waals surface area contributed by atoms with Crippen molar-refractivity contribution in [3.05, 3.63) is 59.4 Å². The van der Waals surface area contributed by atoms with E-state index in [1.807, 2.05) is 24.8 Å². The monoisotopic (exact) mass is 397 g/mol. The van der Waals surface area contributed by atoms with Crippen LogP contribution in [-0.2, 0) is 22.7 Å². The molecule has 2 rings (SSSR count). The van der Waals surface area contributed by atoms with E-state index in [4.69, 9.17) is 0 Å². The third-order valence-electron chi connectivity index (χ3n) is 5.18. The van der Waals surface area contributed by atoms with Gasteiger partial charge in [0.1, 0.15) is 0 Å². The van der Waals surface area contributed by atoms with Crippen LogP contribution in [0.5, 0.6) is 0 Å². The molecule has 1 aromatic heterocycles. The van der Waals surface area contributed by atoms with Crippen molar-refractivity contribution < 1.29 is 9.59 Å². The van der Waals surface area contributed by atoms with Crippen molar-refractivity contribution in [3.8, 4) is 0 Å². The highest BCUT2D eigenvalue weighted by Crippen LogP contribution is 2.13. The molecule has 0 unspecified atom stereocenters. The zero-order valence-electron chi connectivity index (χ0n) is 18.5. The second-order valence-electron chi connectivity index (χ2n) is 8.03. The molecular weight excluding hydrogens is 362 g/mol. The normalized spacial score (nSPS) is 11.0. The first-order chi connectivity index (χ1) is 13.8. The summed E-state index contributed by atoms with van der Waals surface area (Å²) >= 11 is 0. The van der Waals surface area contributed by atoms with Crippen molar-refractivity contribution in [2.45, 2.75) is 66.6 Å².